The number of rotatable bonds is 9. The van der Waals surface area contributed by atoms with E-state index in [-0.39, 0.29) is 6.54 Å². The normalized spacial score (nSPS) is 15.2. The number of ether oxygens (including phenoxy) is 1. The third kappa shape index (κ3) is 4.79. The van der Waals surface area contributed by atoms with Gasteiger partial charge in [-0.2, -0.15) is 0 Å². The summed E-state index contributed by atoms with van der Waals surface area (Å²) in [5.74, 6) is -0.742. The molecule has 1 fully saturated rings. The lowest BCUT2D eigenvalue weighted by molar-refractivity contribution is -0.135. The molecule has 5 amide bonds. The fourth-order valence-corrected chi connectivity index (χ4v) is 2.93. The molecule has 2 rings (SSSR count). The average molecular weight is 390 g/mol. The summed E-state index contributed by atoms with van der Waals surface area (Å²) < 4.78 is 5.32. The van der Waals surface area contributed by atoms with E-state index in [1.807, 2.05) is 6.92 Å². The molecule has 0 aromatic heterocycles. The number of carbonyl (C=O) groups is 4. The van der Waals surface area contributed by atoms with Crippen molar-refractivity contribution in [1.29, 1.82) is 0 Å². The molecule has 0 aliphatic carbocycles. The van der Waals surface area contributed by atoms with Gasteiger partial charge in [0.2, 0.25) is 11.8 Å². The maximum atomic E-state index is 12.5. The van der Waals surface area contributed by atoms with E-state index in [1.165, 1.54) is 0 Å². The number of nitrogens with one attached hydrogen (secondary N) is 3. The molecule has 9 nitrogen and oxygen atoms in total. The summed E-state index contributed by atoms with van der Waals surface area (Å²) in [5, 5.41) is 7.71. The lowest BCUT2D eigenvalue weighted by atomic mass is 9.93. The van der Waals surface area contributed by atoms with Crippen molar-refractivity contribution in [3.8, 4) is 5.75 Å². The van der Waals surface area contributed by atoms with Gasteiger partial charge in [0, 0.05) is 5.69 Å². The van der Waals surface area contributed by atoms with E-state index in [9.17, 15) is 19.2 Å². The quantitative estimate of drug-likeness (QED) is 0.549. The van der Waals surface area contributed by atoms with Crippen molar-refractivity contribution in [2.24, 2.45) is 0 Å². The Morgan fingerprint density at radius 3 is 2.25 bits per heavy atom. The smallest absolute Gasteiger partial charge is 0.325 e. The fraction of sp³-hybridized carbons (Fsp3) is 0.474. The van der Waals surface area contributed by atoms with Crippen molar-refractivity contribution in [2.75, 3.05) is 25.0 Å². The molecular weight excluding hydrogens is 364 g/mol. The second kappa shape index (κ2) is 9.20. The summed E-state index contributed by atoms with van der Waals surface area (Å²) in [6, 6.07) is 6.23. The predicted octanol–water partition coefficient (Wildman–Crippen LogP) is 1.25. The Hall–Kier alpha value is -3.10. The van der Waals surface area contributed by atoms with Gasteiger partial charge in [-0.05, 0) is 44.0 Å². The van der Waals surface area contributed by atoms with E-state index < -0.39 is 35.8 Å². The number of carbonyl (C=O) groups excluding carboxylic acids is 4. The second-order valence-electron chi connectivity index (χ2n) is 6.39. The van der Waals surface area contributed by atoms with Gasteiger partial charge in [-0.25, -0.2) is 4.79 Å². The highest BCUT2D eigenvalue weighted by atomic mass is 16.5. The Balaban J connectivity index is 1.82. The highest BCUT2D eigenvalue weighted by molar-refractivity contribution is 6.09. The molecule has 28 heavy (non-hydrogen) atoms. The third-order valence-electron chi connectivity index (χ3n) is 4.65. The molecule has 0 spiro atoms. The van der Waals surface area contributed by atoms with Gasteiger partial charge in [-0.3, -0.25) is 19.3 Å². The summed E-state index contributed by atoms with van der Waals surface area (Å²) in [6.45, 7) is 5.33. The van der Waals surface area contributed by atoms with Gasteiger partial charge in [0.25, 0.3) is 5.91 Å². The minimum absolute atomic E-state index is 0.275. The number of anilines is 1. The predicted molar refractivity (Wildman–Crippen MR) is 103 cm³/mol. The average Bonchev–Trinajstić information content (AvgIpc) is 2.93. The van der Waals surface area contributed by atoms with Crippen molar-refractivity contribution >= 4 is 29.4 Å². The molecule has 0 saturated carbocycles. The van der Waals surface area contributed by atoms with E-state index in [2.05, 4.69) is 16.0 Å². The lowest BCUT2D eigenvalue weighted by Gasteiger charge is -2.22. The standard InChI is InChI=1S/C19H26N4O5/c1-4-19(5-2)17(26)23(18(27)22-19)12-16(25)20-11-15(24)21-13-7-9-14(10-8-13)28-6-3/h7-10H,4-6,11-12H2,1-3H3,(H,20,25)(H,21,24)(H,22,27). The zero-order valence-electron chi connectivity index (χ0n) is 16.3. The van der Waals surface area contributed by atoms with Crippen LogP contribution >= 0.6 is 0 Å². The first-order chi connectivity index (χ1) is 13.3. The highest BCUT2D eigenvalue weighted by Crippen LogP contribution is 2.24. The van der Waals surface area contributed by atoms with Crippen LogP contribution in [0.25, 0.3) is 0 Å². The first kappa shape index (κ1) is 21.2. The lowest BCUT2D eigenvalue weighted by Crippen LogP contribution is -2.47. The fourth-order valence-electron chi connectivity index (χ4n) is 2.93. The van der Waals surface area contributed by atoms with Gasteiger partial charge >= 0.3 is 6.03 Å². The largest absolute Gasteiger partial charge is 0.494 e. The molecule has 1 aromatic rings. The second-order valence-corrected chi connectivity index (χ2v) is 6.39. The van der Waals surface area contributed by atoms with Crippen LogP contribution in [0.15, 0.2) is 24.3 Å². The summed E-state index contributed by atoms with van der Waals surface area (Å²) in [7, 11) is 0. The topological polar surface area (TPSA) is 117 Å². The van der Waals surface area contributed by atoms with Crippen LogP contribution in [0.4, 0.5) is 10.5 Å². The van der Waals surface area contributed by atoms with E-state index in [0.717, 1.165) is 4.90 Å². The number of hydrogen-bond donors (Lipinski definition) is 3. The van der Waals surface area contributed by atoms with Crippen LogP contribution in [0.5, 0.6) is 5.75 Å². The molecule has 1 heterocycles. The monoisotopic (exact) mass is 390 g/mol. The van der Waals surface area contributed by atoms with Gasteiger partial charge in [0.1, 0.15) is 17.8 Å². The van der Waals surface area contributed by atoms with Crippen LogP contribution in [0.3, 0.4) is 0 Å². The Kier molecular flexibility index (Phi) is 6.97. The summed E-state index contributed by atoms with van der Waals surface area (Å²) in [4.78, 5) is 49.4. The Morgan fingerprint density at radius 1 is 1.07 bits per heavy atom. The van der Waals surface area contributed by atoms with Crippen LogP contribution in [-0.4, -0.2) is 53.9 Å². The maximum absolute atomic E-state index is 12.5. The molecule has 1 aromatic carbocycles. The number of amides is 5. The van der Waals surface area contributed by atoms with Crippen molar-refractivity contribution in [1.82, 2.24) is 15.5 Å². The molecule has 1 aliphatic rings. The van der Waals surface area contributed by atoms with E-state index in [4.69, 9.17) is 4.74 Å². The SMILES string of the molecule is CCOc1ccc(NC(=O)CNC(=O)CN2C(=O)NC(CC)(CC)C2=O)cc1. The van der Waals surface area contributed by atoms with E-state index in [0.29, 0.717) is 30.9 Å². The zero-order valence-corrected chi connectivity index (χ0v) is 16.3. The number of imide groups is 1. The van der Waals surface area contributed by atoms with Gasteiger partial charge < -0.3 is 20.7 Å². The molecule has 0 unspecified atom stereocenters. The van der Waals surface area contributed by atoms with Crippen LogP contribution in [0.2, 0.25) is 0 Å². The molecule has 9 heteroatoms. The van der Waals surface area contributed by atoms with E-state index >= 15 is 0 Å². The van der Waals surface area contributed by atoms with Crippen LogP contribution in [0.1, 0.15) is 33.6 Å². The first-order valence-corrected chi connectivity index (χ1v) is 9.28. The van der Waals surface area contributed by atoms with Gasteiger partial charge in [0.15, 0.2) is 0 Å². The van der Waals surface area contributed by atoms with Crippen molar-refractivity contribution < 1.29 is 23.9 Å². The molecular formula is C19H26N4O5. The Morgan fingerprint density at radius 2 is 1.71 bits per heavy atom. The van der Waals surface area contributed by atoms with Crippen molar-refractivity contribution in [3.05, 3.63) is 24.3 Å². The summed E-state index contributed by atoms with van der Waals surface area (Å²) in [6.07, 6.45) is 0.882. The minimum atomic E-state index is -0.956. The molecule has 1 saturated heterocycles. The number of nitrogens with zero attached hydrogens (tertiary/aromatic N) is 1. The maximum Gasteiger partial charge on any atom is 0.325 e. The van der Waals surface area contributed by atoms with Crippen LogP contribution in [-0.2, 0) is 14.4 Å². The number of hydrogen-bond acceptors (Lipinski definition) is 5. The van der Waals surface area contributed by atoms with Crippen LogP contribution in [0, 0.1) is 0 Å². The van der Waals surface area contributed by atoms with Gasteiger partial charge in [0.05, 0.1) is 13.2 Å². The molecule has 0 atom stereocenters. The van der Waals surface area contributed by atoms with Crippen molar-refractivity contribution in [2.45, 2.75) is 39.2 Å². The molecule has 1 aliphatic heterocycles. The Bertz CT molecular complexity index is 743. The Labute approximate surface area is 163 Å². The number of urea groups is 1. The minimum Gasteiger partial charge on any atom is -0.494 e. The third-order valence-corrected chi connectivity index (χ3v) is 4.65. The highest BCUT2D eigenvalue weighted by Gasteiger charge is 2.49. The molecule has 0 radical (unpaired) electrons. The van der Waals surface area contributed by atoms with Crippen LogP contribution < -0.4 is 20.7 Å². The van der Waals surface area contributed by atoms with E-state index in [1.54, 1.807) is 38.1 Å². The molecule has 152 valence electrons. The molecule has 0 bridgehead atoms. The molecule has 3 N–H and O–H groups in total. The number of benzene rings is 1. The summed E-state index contributed by atoms with van der Waals surface area (Å²) in [5.41, 5.74) is -0.393. The zero-order chi connectivity index (χ0) is 20.7. The van der Waals surface area contributed by atoms with Gasteiger partial charge in [-0.15, -0.1) is 0 Å². The summed E-state index contributed by atoms with van der Waals surface area (Å²) >= 11 is 0. The van der Waals surface area contributed by atoms with Gasteiger partial charge in [-0.1, -0.05) is 13.8 Å². The van der Waals surface area contributed by atoms with Crippen molar-refractivity contribution in [3.63, 3.8) is 0 Å². The first-order valence-electron chi connectivity index (χ1n) is 9.28.